The van der Waals surface area contributed by atoms with Gasteiger partial charge in [-0.2, -0.15) is 18.3 Å². The highest BCUT2D eigenvalue weighted by atomic mass is 79.9. The Morgan fingerprint density at radius 1 is 1.30 bits per heavy atom. The number of nitrogens with zero attached hydrogens (tertiary/aromatic N) is 2. The average molecular weight is 348 g/mol. The standard InChI is InChI=1S/C13H13BrF3N3/c1-8(2)20-7-10(6-18-20)19-12-4-3-9(14)5-11(12)13(15,16)17/h3-8,19H,1-2H3. The van der Waals surface area contributed by atoms with Gasteiger partial charge in [0.1, 0.15) is 0 Å². The van der Waals surface area contributed by atoms with E-state index >= 15 is 0 Å². The van der Waals surface area contributed by atoms with Crippen molar-refractivity contribution in [2.75, 3.05) is 5.32 Å². The summed E-state index contributed by atoms with van der Waals surface area (Å²) in [5.41, 5.74) is -0.195. The van der Waals surface area contributed by atoms with Gasteiger partial charge in [-0.25, -0.2) is 0 Å². The number of benzene rings is 1. The van der Waals surface area contributed by atoms with E-state index in [2.05, 4.69) is 26.3 Å². The molecule has 2 rings (SSSR count). The van der Waals surface area contributed by atoms with Crippen LogP contribution in [0.15, 0.2) is 35.1 Å². The summed E-state index contributed by atoms with van der Waals surface area (Å²) in [4.78, 5) is 0. The number of hydrogen-bond acceptors (Lipinski definition) is 2. The highest BCUT2D eigenvalue weighted by molar-refractivity contribution is 9.10. The van der Waals surface area contributed by atoms with E-state index in [1.807, 2.05) is 13.8 Å². The molecule has 0 spiro atoms. The maximum atomic E-state index is 13.0. The predicted octanol–water partition coefficient (Wildman–Crippen LogP) is 4.99. The van der Waals surface area contributed by atoms with Gasteiger partial charge in [0.25, 0.3) is 0 Å². The molecule has 1 N–H and O–H groups in total. The zero-order valence-electron chi connectivity index (χ0n) is 10.9. The number of aromatic nitrogens is 2. The Kier molecular flexibility index (Phi) is 4.08. The molecule has 1 heterocycles. The quantitative estimate of drug-likeness (QED) is 0.847. The molecule has 0 bridgehead atoms. The lowest BCUT2D eigenvalue weighted by atomic mass is 10.1. The Labute approximate surface area is 122 Å². The minimum atomic E-state index is -4.42. The topological polar surface area (TPSA) is 29.9 Å². The average Bonchev–Trinajstić information content (AvgIpc) is 2.79. The van der Waals surface area contributed by atoms with Gasteiger partial charge in [-0.15, -0.1) is 0 Å². The van der Waals surface area contributed by atoms with Crippen LogP contribution in [0.4, 0.5) is 24.5 Å². The van der Waals surface area contributed by atoms with Gasteiger partial charge in [-0.1, -0.05) is 15.9 Å². The molecular weight excluding hydrogens is 335 g/mol. The maximum Gasteiger partial charge on any atom is 0.418 e. The molecule has 0 radical (unpaired) electrons. The molecule has 1 aromatic carbocycles. The number of hydrogen-bond donors (Lipinski definition) is 1. The summed E-state index contributed by atoms with van der Waals surface area (Å²) in [6.45, 7) is 3.88. The molecule has 0 atom stereocenters. The van der Waals surface area contributed by atoms with Gasteiger partial charge < -0.3 is 5.32 Å². The van der Waals surface area contributed by atoms with Crippen LogP contribution >= 0.6 is 15.9 Å². The van der Waals surface area contributed by atoms with Crippen molar-refractivity contribution in [2.45, 2.75) is 26.1 Å². The molecule has 0 fully saturated rings. The first-order valence-corrected chi connectivity index (χ1v) is 6.74. The van der Waals surface area contributed by atoms with Crippen LogP contribution in [0.3, 0.4) is 0 Å². The third-order valence-electron chi connectivity index (χ3n) is 2.70. The highest BCUT2D eigenvalue weighted by Crippen LogP contribution is 2.37. The number of alkyl halides is 3. The van der Waals surface area contributed by atoms with Crippen molar-refractivity contribution in [3.8, 4) is 0 Å². The van der Waals surface area contributed by atoms with E-state index in [1.54, 1.807) is 16.9 Å². The third kappa shape index (κ3) is 3.33. The minimum Gasteiger partial charge on any atom is -0.352 e. The third-order valence-corrected chi connectivity index (χ3v) is 3.19. The van der Waals surface area contributed by atoms with Crippen molar-refractivity contribution in [2.24, 2.45) is 0 Å². The number of rotatable bonds is 3. The Balaban J connectivity index is 2.33. The molecule has 0 aliphatic heterocycles. The lowest BCUT2D eigenvalue weighted by Gasteiger charge is -2.14. The van der Waals surface area contributed by atoms with Crippen LogP contribution in [0.2, 0.25) is 0 Å². The largest absolute Gasteiger partial charge is 0.418 e. The molecule has 1 aromatic heterocycles. The van der Waals surface area contributed by atoms with E-state index in [9.17, 15) is 13.2 Å². The van der Waals surface area contributed by atoms with E-state index in [1.165, 1.54) is 12.3 Å². The van der Waals surface area contributed by atoms with Crippen LogP contribution in [0.25, 0.3) is 0 Å². The van der Waals surface area contributed by atoms with E-state index in [4.69, 9.17) is 0 Å². The molecule has 0 saturated carbocycles. The van der Waals surface area contributed by atoms with Crippen molar-refractivity contribution in [3.05, 3.63) is 40.6 Å². The summed E-state index contributed by atoms with van der Waals surface area (Å²) >= 11 is 3.05. The lowest BCUT2D eigenvalue weighted by molar-refractivity contribution is -0.137. The van der Waals surface area contributed by atoms with Gasteiger partial charge >= 0.3 is 6.18 Å². The number of anilines is 2. The summed E-state index contributed by atoms with van der Waals surface area (Å²) < 4.78 is 41.0. The van der Waals surface area contributed by atoms with Crippen molar-refractivity contribution in [1.82, 2.24) is 9.78 Å². The summed E-state index contributed by atoms with van der Waals surface area (Å²) in [6.07, 6.45) is -1.24. The second-order valence-corrected chi connectivity index (χ2v) is 5.53. The van der Waals surface area contributed by atoms with Crippen LogP contribution in [0, 0.1) is 0 Å². The fourth-order valence-corrected chi connectivity index (χ4v) is 2.06. The van der Waals surface area contributed by atoms with Gasteiger partial charge in [0.15, 0.2) is 0 Å². The molecule has 7 heteroatoms. The fraction of sp³-hybridized carbons (Fsp3) is 0.308. The molecule has 0 unspecified atom stereocenters. The molecule has 20 heavy (non-hydrogen) atoms. The predicted molar refractivity (Wildman–Crippen MR) is 75.0 cm³/mol. The van der Waals surface area contributed by atoms with Gasteiger partial charge in [0.05, 0.1) is 23.1 Å². The summed E-state index contributed by atoms with van der Waals surface area (Å²) in [6, 6.07) is 4.15. The van der Waals surface area contributed by atoms with Gasteiger partial charge in [-0.3, -0.25) is 4.68 Å². The molecule has 0 saturated heterocycles. The zero-order valence-corrected chi connectivity index (χ0v) is 12.5. The molecule has 0 aliphatic rings. The second-order valence-electron chi connectivity index (χ2n) is 4.62. The Morgan fingerprint density at radius 3 is 2.55 bits per heavy atom. The molecule has 0 aliphatic carbocycles. The summed E-state index contributed by atoms with van der Waals surface area (Å²) in [5.74, 6) is 0. The lowest BCUT2D eigenvalue weighted by Crippen LogP contribution is -2.08. The van der Waals surface area contributed by atoms with Gasteiger partial charge in [-0.05, 0) is 32.0 Å². The van der Waals surface area contributed by atoms with E-state index in [0.717, 1.165) is 6.07 Å². The normalized spacial score (nSPS) is 11.9. The van der Waals surface area contributed by atoms with E-state index in [-0.39, 0.29) is 11.7 Å². The first-order chi connectivity index (χ1) is 9.27. The molecule has 0 amide bonds. The van der Waals surface area contributed by atoms with E-state index in [0.29, 0.717) is 10.2 Å². The molecule has 3 nitrogen and oxygen atoms in total. The van der Waals surface area contributed by atoms with Gasteiger partial charge in [0.2, 0.25) is 0 Å². The van der Waals surface area contributed by atoms with Crippen LogP contribution < -0.4 is 5.32 Å². The molecular formula is C13H13BrF3N3. The molecule has 2 aromatic rings. The summed E-state index contributed by atoms with van der Waals surface area (Å²) in [7, 11) is 0. The van der Waals surface area contributed by atoms with Crippen molar-refractivity contribution < 1.29 is 13.2 Å². The monoisotopic (exact) mass is 347 g/mol. The smallest absolute Gasteiger partial charge is 0.352 e. The maximum absolute atomic E-state index is 13.0. The van der Waals surface area contributed by atoms with Crippen LogP contribution in [0.5, 0.6) is 0 Å². The fourth-order valence-electron chi connectivity index (χ4n) is 1.70. The van der Waals surface area contributed by atoms with Crippen LogP contribution in [0.1, 0.15) is 25.5 Å². The SMILES string of the molecule is CC(C)n1cc(Nc2ccc(Br)cc2C(F)(F)F)cn1. The Bertz CT molecular complexity index is 605. The number of nitrogens with one attached hydrogen (secondary N) is 1. The highest BCUT2D eigenvalue weighted by Gasteiger charge is 2.33. The van der Waals surface area contributed by atoms with Crippen molar-refractivity contribution in [3.63, 3.8) is 0 Å². The minimum absolute atomic E-state index is 0.00371. The van der Waals surface area contributed by atoms with Crippen molar-refractivity contribution >= 4 is 27.3 Å². The first kappa shape index (κ1) is 14.9. The zero-order chi connectivity index (χ0) is 14.9. The second kappa shape index (κ2) is 5.47. The number of halogens is 4. The molecule has 108 valence electrons. The van der Waals surface area contributed by atoms with Gasteiger partial charge in [0, 0.05) is 16.7 Å². The Morgan fingerprint density at radius 2 is 2.00 bits per heavy atom. The summed E-state index contributed by atoms with van der Waals surface area (Å²) in [5, 5.41) is 6.84. The van der Waals surface area contributed by atoms with Crippen molar-refractivity contribution in [1.29, 1.82) is 0 Å². The van der Waals surface area contributed by atoms with Crippen LogP contribution in [-0.4, -0.2) is 9.78 Å². The van der Waals surface area contributed by atoms with E-state index < -0.39 is 11.7 Å². The Hall–Kier alpha value is -1.50. The van der Waals surface area contributed by atoms with Crippen LogP contribution in [-0.2, 0) is 6.18 Å². The first-order valence-electron chi connectivity index (χ1n) is 5.95.